The zero-order chi connectivity index (χ0) is 16.6. The number of aliphatic hydroxyl groups excluding tert-OH is 1. The van der Waals surface area contributed by atoms with Gasteiger partial charge in [0.1, 0.15) is 12.1 Å². The van der Waals surface area contributed by atoms with Crippen molar-refractivity contribution in [2.75, 3.05) is 12.4 Å². The van der Waals surface area contributed by atoms with Crippen molar-refractivity contribution in [2.24, 2.45) is 11.7 Å². The molecule has 0 radical (unpaired) electrons. The minimum absolute atomic E-state index is 0.0613. The van der Waals surface area contributed by atoms with Crippen molar-refractivity contribution in [3.63, 3.8) is 0 Å². The maximum atomic E-state index is 11.9. The lowest BCUT2D eigenvalue weighted by molar-refractivity contribution is -0.143. The van der Waals surface area contributed by atoms with Gasteiger partial charge in [-0.25, -0.2) is 4.79 Å². The molecule has 0 heterocycles. The highest BCUT2D eigenvalue weighted by Crippen LogP contribution is 2.05. The van der Waals surface area contributed by atoms with Crippen LogP contribution in [-0.4, -0.2) is 58.5 Å². The number of nitrogens with two attached hydrogens (primary N) is 1. The third kappa shape index (κ3) is 7.30. The Bertz CT molecular complexity index is 378. The summed E-state index contributed by atoms with van der Waals surface area (Å²) in [5, 5.41) is 22.7. The van der Waals surface area contributed by atoms with Gasteiger partial charge in [-0.05, 0) is 12.3 Å². The van der Waals surface area contributed by atoms with E-state index in [1.54, 1.807) is 0 Å². The fourth-order valence-electron chi connectivity index (χ4n) is 1.52. The third-order valence-electron chi connectivity index (χ3n) is 2.67. The molecule has 9 heteroatoms. The lowest BCUT2D eigenvalue weighted by atomic mass is 10.0. The minimum atomic E-state index is -1.25. The van der Waals surface area contributed by atoms with Crippen molar-refractivity contribution in [3.05, 3.63) is 0 Å². The summed E-state index contributed by atoms with van der Waals surface area (Å²) in [5.41, 5.74) is 5.44. The zero-order valence-corrected chi connectivity index (χ0v) is 13.0. The Kier molecular flexibility index (Phi) is 8.98. The Hall–Kier alpha value is -1.32. The molecule has 0 saturated heterocycles. The molecule has 0 aliphatic rings. The molecule has 0 aromatic heterocycles. The highest BCUT2D eigenvalue weighted by Gasteiger charge is 2.27. The van der Waals surface area contributed by atoms with Gasteiger partial charge in [-0.15, -0.1) is 0 Å². The van der Waals surface area contributed by atoms with Gasteiger partial charge in [0.05, 0.1) is 12.6 Å². The third-order valence-corrected chi connectivity index (χ3v) is 3.06. The maximum absolute atomic E-state index is 11.9. The van der Waals surface area contributed by atoms with Gasteiger partial charge in [-0.2, -0.15) is 12.6 Å². The molecule has 8 nitrogen and oxygen atoms in total. The number of rotatable bonds is 9. The summed E-state index contributed by atoms with van der Waals surface area (Å²) in [6.07, 6.45) is 0.239. The van der Waals surface area contributed by atoms with Crippen LogP contribution in [0, 0.1) is 5.92 Å². The highest BCUT2D eigenvalue weighted by atomic mass is 32.1. The summed E-state index contributed by atoms with van der Waals surface area (Å²) in [7, 11) is 0. The number of aliphatic carboxylic acids is 1. The zero-order valence-electron chi connectivity index (χ0n) is 12.1. The van der Waals surface area contributed by atoms with E-state index in [0.29, 0.717) is 0 Å². The Morgan fingerprint density at radius 2 is 1.67 bits per heavy atom. The van der Waals surface area contributed by atoms with Crippen LogP contribution in [0.5, 0.6) is 0 Å². The summed E-state index contributed by atoms with van der Waals surface area (Å²) in [4.78, 5) is 34.5. The Balaban J connectivity index is 4.69. The molecule has 21 heavy (non-hydrogen) atoms. The molecule has 3 atom stereocenters. The van der Waals surface area contributed by atoms with E-state index >= 15 is 0 Å². The van der Waals surface area contributed by atoms with Crippen LogP contribution in [-0.2, 0) is 14.4 Å². The number of amides is 2. The van der Waals surface area contributed by atoms with E-state index in [2.05, 4.69) is 23.3 Å². The summed E-state index contributed by atoms with van der Waals surface area (Å²) in [5.74, 6) is -2.45. The molecule has 0 aliphatic heterocycles. The standard InChI is InChI=1S/C12H23N3O5S/c1-6(2)3-8(12(19)20)14-11(18)9(4-16)15-10(17)7(13)5-21/h6-9,16,21H,3-5,13H2,1-2H3,(H,14,18)(H,15,17)(H,19,20)/t7-,8-,9-/m0/s1. The Morgan fingerprint density at radius 1 is 1.14 bits per heavy atom. The van der Waals surface area contributed by atoms with Gasteiger partial charge in [0, 0.05) is 5.75 Å². The van der Waals surface area contributed by atoms with Crippen molar-refractivity contribution in [2.45, 2.75) is 38.4 Å². The van der Waals surface area contributed by atoms with Gasteiger partial charge >= 0.3 is 5.97 Å². The van der Waals surface area contributed by atoms with Crippen molar-refractivity contribution in [1.82, 2.24) is 10.6 Å². The molecule has 0 spiro atoms. The average molecular weight is 321 g/mol. The number of nitrogens with one attached hydrogen (secondary N) is 2. The van der Waals surface area contributed by atoms with Crippen LogP contribution in [0.2, 0.25) is 0 Å². The van der Waals surface area contributed by atoms with Crippen LogP contribution in [0.3, 0.4) is 0 Å². The van der Waals surface area contributed by atoms with E-state index in [4.69, 9.17) is 15.9 Å². The van der Waals surface area contributed by atoms with Gasteiger partial charge in [0.25, 0.3) is 0 Å². The van der Waals surface area contributed by atoms with Crippen LogP contribution in [0.15, 0.2) is 0 Å². The maximum Gasteiger partial charge on any atom is 0.326 e. The van der Waals surface area contributed by atoms with Crippen LogP contribution in [0.4, 0.5) is 0 Å². The van der Waals surface area contributed by atoms with Gasteiger partial charge in [0.2, 0.25) is 11.8 Å². The number of carbonyl (C=O) groups excluding carboxylic acids is 2. The largest absolute Gasteiger partial charge is 0.480 e. The quantitative estimate of drug-likeness (QED) is 0.281. The van der Waals surface area contributed by atoms with E-state index in [1.807, 2.05) is 13.8 Å². The minimum Gasteiger partial charge on any atom is -0.480 e. The molecule has 0 fully saturated rings. The molecular weight excluding hydrogens is 298 g/mol. The number of thiol groups is 1. The SMILES string of the molecule is CC(C)C[C@H](NC(=O)[C@H](CO)NC(=O)[C@@H](N)CS)C(=O)O. The first kappa shape index (κ1) is 19.7. The Morgan fingerprint density at radius 3 is 2.05 bits per heavy atom. The van der Waals surface area contributed by atoms with Gasteiger partial charge in [0.15, 0.2) is 0 Å². The second kappa shape index (κ2) is 9.59. The molecular formula is C12H23N3O5S. The van der Waals surface area contributed by atoms with Gasteiger partial charge < -0.3 is 26.6 Å². The van der Waals surface area contributed by atoms with Crippen molar-refractivity contribution in [3.8, 4) is 0 Å². The number of carbonyl (C=O) groups is 3. The molecule has 0 aliphatic carbocycles. The van der Waals surface area contributed by atoms with E-state index in [9.17, 15) is 14.4 Å². The van der Waals surface area contributed by atoms with Crippen LogP contribution < -0.4 is 16.4 Å². The summed E-state index contributed by atoms with van der Waals surface area (Å²) < 4.78 is 0. The number of hydrogen-bond donors (Lipinski definition) is 6. The number of aliphatic hydroxyl groups is 1. The first-order valence-corrected chi connectivity index (χ1v) is 7.17. The molecule has 0 bridgehead atoms. The van der Waals surface area contributed by atoms with Crippen molar-refractivity contribution < 1.29 is 24.6 Å². The number of carboxylic acids is 1. The first-order valence-electron chi connectivity index (χ1n) is 6.53. The summed E-state index contributed by atoms with van der Waals surface area (Å²) in [6.45, 7) is 2.98. The molecule has 0 aromatic carbocycles. The van der Waals surface area contributed by atoms with Crippen LogP contribution in [0.1, 0.15) is 20.3 Å². The molecule has 0 rings (SSSR count). The monoisotopic (exact) mass is 321 g/mol. The molecule has 0 aromatic rings. The van der Waals surface area contributed by atoms with E-state index < -0.39 is 42.5 Å². The second-order valence-corrected chi connectivity index (χ2v) is 5.43. The van der Waals surface area contributed by atoms with E-state index in [0.717, 1.165) is 0 Å². The van der Waals surface area contributed by atoms with Crippen molar-refractivity contribution >= 4 is 30.4 Å². The fourth-order valence-corrected chi connectivity index (χ4v) is 1.69. The summed E-state index contributed by atoms with van der Waals surface area (Å²) in [6, 6.07) is -3.25. The molecule has 0 saturated carbocycles. The summed E-state index contributed by atoms with van der Waals surface area (Å²) >= 11 is 3.85. The topological polar surface area (TPSA) is 142 Å². The van der Waals surface area contributed by atoms with Crippen LogP contribution >= 0.6 is 12.6 Å². The molecule has 2 amide bonds. The second-order valence-electron chi connectivity index (χ2n) is 5.06. The normalized spacial score (nSPS) is 15.1. The lowest BCUT2D eigenvalue weighted by Crippen LogP contribution is -2.56. The highest BCUT2D eigenvalue weighted by molar-refractivity contribution is 7.80. The van der Waals surface area contributed by atoms with Crippen molar-refractivity contribution in [1.29, 1.82) is 0 Å². The fraction of sp³-hybridized carbons (Fsp3) is 0.750. The van der Waals surface area contributed by atoms with Gasteiger partial charge in [-0.3, -0.25) is 9.59 Å². The smallest absolute Gasteiger partial charge is 0.326 e. The first-order chi connectivity index (χ1) is 9.72. The molecule has 122 valence electrons. The van der Waals surface area contributed by atoms with E-state index in [-0.39, 0.29) is 18.1 Å². The number of carboxylic acid groups (broad SMARTS) is 1. The number of hydrogen-bond acceptors (Lipinski definition) is 6. The predicted molar refractivity (Wildman–Crippen MR) is 79.9 cm³/mol. The Labute approximate surface area is 128 Å². The predicted octanol–water partition coefficient (Wildman–Crippen LogP) is -1.66. The van der Waals surface area contributed by atoms with Gasteiger partial charge in [-0.1, -0.05) is 13.8 Å². The molecule has 6 N–H and O–H groups in total. The van der Waals surface area contributed by atoms with Crippen LogP contribution in [0.25, 0.3) is 0 Å². The average Bonchev–Trinajstić information content (AvgIpc) is 2.41. The molecule has 0 unspecified atom stereocenters. The van der Waals surface area contributed by atoms with E-state index in [1.165, 1.54) is 0 Å². The lowest BCUT2D eigenvalue weighted by Gasteiger charge is -2.22.